The first-order chi connectivity index (χ1) is 9.54. The smallest absolute Gasteiger partial charge is 0.401 e. The second-order valence-corrected chi connectivity index (χ2v) is 5.56. The predicted molar refractivity (Wildman–Crippen MR) is 77.2 cm³/mol. The molecule has 1 rings (SSSR count). The maximum Gasteiger partial charge on any atom is 0.401 e. The van der Waals surface area contributed by atoms with Gasteiger partial charge in [-0.05, 0) is 36.1 Å². The van der Waals surface area contributed by atoms with Gasteiger partial charge in [-0.1, -0.05) is 25.4 Å². The molecule has 3 nitrogen and oxygen atoms in total. The van der Waals surface area contributed by atoms with Gasteiger partial charge in [0.2, 0.25) is 0 Å². The summed E-state index contributed by atoms with van der Waals surface area (Å²) in [5.41, 5.74) is 6.42. The SMILES string of the molecule is Cc1cc(Cl)c(C(C)C)cc1OCC(C(=N)N)C(F)(F)F. The van der Waals surface area contributed by atoms with Crippen molar-refractivity contribution in [1.29, 1.82) is 5.41 Å². The van der Waals surface area contributed by atoms with E-state index in [2.05, 4.69) is 0 Å². The molecule has 0 heterocycles. The lowest BCUT2D eigenvalue weighted by Gasteiger charge is -2.21. The molecule has 118 valence electrons. The molecule has 7 heteroatoms. The molecular formula is C14H18ClF3N2O. The Kier molecular flexibility index (Phi) is 5.50. The Labute approximate surface area is 126 Å². The minimum absolute atomic E-state index is 0.117. The van der Waals surface area contributed by atoms with Crippen LogP contribution >= 0.6 is 11.6 Å². The number of rotatable bonds is 5. The Bertz CT molecular complexity index is 530. The molecular weight excluding hydrogens is 305 g/mol. The standard InChI is InChI=1S/C14H18ClF3N2O/c1-7(2)9-5-12(8(3)4-11(9)15)21-6-10(13(19)20)14(16,17)18/h4-5,7,10H,6H2,1-3H3,(H3,19,20). The topological polar surface area (TPSA) is 59.1 Å². The van der Waals surface area contributed by atoms with Gasteiger partial charge in [0.05, 0.1) is 0 Å². The second kappa shape index (κ2) is 6.56. The van der Waals surface area contributed by atoms with Crippen LogP contribution in [-0.4, -0.2) is 18.6 Å². The van der Waals surface area contributed by atoms with E-state index >= 15 is 0 Å². The fraction of sp³-hybridized carbons (Fsp3) is 0.500. The van der Waals surface area contributed by atoms with Crippen LogP contribution in [0.25, 0.3) is 0 Å². The number of ether oxygens (including phenoxy) is 1. The summed E-state index contributed by atoms with van der Waals surface area (Å²) in [4.78, 5) is 0. The van der Waals surface area contributed by atoms with Gasteiger partial charge in [-0.2, -0.15) is 13.2 Å². The monoisotopic (exact) mass is 322 g/mol. The number of halogens is 4. The zero-order chi connectivity index (χ0) is 16.4. The molecule has 0 fully saturated rings. The van der Waals surface area contributed by atoms with Crippen LogP contribution in [-0.2, 0) is 0 Å². The predicted octanol–water partition coefficient (Wildman–Crippen LogP) is 4.27. The largest absolute Gasteiger partial charge is 0.492 e. The van der Waals surface area contributed by atoms with Crippen LogP contribution in [0, 0.1) is 18.3 Å². The Balaban J connectivity index is 2.98. The van der Waals surface area contributed by atoms with E-state index in [-0.39, 0.29) is 5.92 Å². The zero-order valence-electron chi connectivity index (χ0n) is 12.0. The molecule has 3 N–H and O–H groups in total. The molecule has 0 amide bonds. The van der Waals surface area contributed by atoms with Crippen molar-refractivity contribution in [2.45, 2.75) is 32.9 Å². The molecule has 0 saturated heterocycles. The Morgan fingerprint density at radius 3 is 2.38 bits per heavy atom. The minimum Gasteiger partial charge on any atom is -0.492 e. The summed E-state index contributed by atoms with van der Waals surface area (Å²) in [6, 6.07) is 3.29. The van der Waals surface area contributed by atoms with E-state index < -0.39 is 24.5 Å². The van der Waals surface area contributed by atoms with Crippen molar-refractivity contribution < 1.29 is 17.9 Å². The summed E-state index contributed by atoms with van der Waals surface area (Å²) in [7, 11) is 0. The van der Waals surface area contributed by atoms with Crippen LogP contribution in [0.2, 0.25) is 5.02 Å². The summed E-state index contributed by atoms with van der Waals surface area (Å²) in [6.07, 6.45) is -4.60. The van der Waals surface area contributed by atoms with Crippen molar-refractivity contribution in [2.24, 2.45) is 11.7 Å². The molecule has 0 aliphatic heterocycles. The highest BCUT2D eigenvalue weighted by atomic mass is 35.5. The number of aryl methyl sites for hydroxylation is 1. The van der Waals surface area contributed by atoms with Gasteiger partial charge in [0.25, 0.3) is 0 Å². The molecule has 1 atom stereocenters. The van der Waals surface area contributed by atoms with Gasteiger partial charge < -0.3 is 10.5 Å². The van der Waals surface area contributed by atoms with Crippen molar-refractivity contribution in [3.63, 3.8) is 0 Å². The van der Waals surface area contributed by atoms with Crippen molar-refractivity contribution in [2.75, 3.05) is 6.61 Å². The lowest BCUT2D eigenvalue weighted by atomic mass is 10.0. The molecule has 0 spiro atoms. The number of nitrogens with two attached hydrogens (primary N) is 1. The normalized spacial score (nSPS) is 13.3. The van der Waals surface area contributed by atoms with E-state index in [0.717, 1.165) is 5.56 Å². The fourth-order valence-corrected chi connectivity index (χ4v) is 2.24. The molecule has 0 radical (unpaired) electrons. The number of nitrogens with one attached hydrogen (secondary N) is 1. The molecule has 0 aromatic heterocycles. The fourth-order valence-electron chi connectivity index (χ4n) is 1.80. The first kappa shape index (κ1) is 17.6. The number of hydrogen-bond acceptors (Lipinski definition) is 2. The van der Waals surface area contributed by atoms with Crippen molar-refractivity contribution in [3.8, 4) is 5.75 Å². The molecule has 0 saturated carbocycles. The quantitative estimate of drug-likeness (QED) is 0.628. The third-order valence-corrected chi connectivity index (χ3v) is 3.42. The highest BCUT2D eigenvalue weighted by Crippen LogP contribution is 2.33. The van der Waals surface area contributed by atoms with Crippen LogP contribution in [0.3, 0.4) is 0 Å². The first-order valence-electron chi connectivity index (χ1n) is 6.37. The summed E-state index contributed by atoms with van der Waals surface area (Å²) in [5, 5.41) is 7.58. The number of amidine groups is 1. The summed E-state index contributed by atoms with van der Waals surface area (Å²) >= 11 is 6.09. The molecule has 0 aliphatic rings. The molecule has 0 aliphatic carbocycles. The molecule has 21 heavy (non-hydrogen) atoms. The van der Waals surface area contributed by atoms with E-state index in [4.69, 9.17) is 27.5 Å². The molecule has 1 aromatic carbocycles. The summed E-state index contributed by atoms with van der Waals surface area (Å²) in [6.45, 7) is 4.82. The van der Waals surface area contributed by atoms with Crippen LogP contribution in [0.4, 0.5) is 13.2 Å². The van der Waals surface area contributed by atoms with Crippen LogP contribution < -0.4 is 10.5 Å². The average molecular weight is 323 g/mol. The second-order valence-electron chi connectivity index (χ2n) is 5.15. The summed E-state index contributed by atoms with van der Waals surface area (Å²) < 4.78 is 43.4. The van der Waals surface area contributed by atoms with Crippen molar-refractivity contribution in [1.82, 2.24) is 0 Å². The number of hydrogen-bond donors (Lipinski definition) is 2. The third-order valence-electron chi connectivity index (χ3n) is 3.09. The van der Waals surface area contributed by atoms with Crippen molar-refractivity contribution >= 4 is 17.4 Å². The number of benzene rings is 1. The minimum atomic E-state index is -4.60. The lowest BCUT2D eigenvalue weighted by molar-refractivity contribution is -0.162. The third kappa shape index (κ3) is 4.52. The maximum atomic E-state index is 12.7. The van der Waals surface area contributed by atoms with Crippen molar-refractivity contribution in [3.05, 3.63) is 28.3 Å². The zero-order valence-corrected chi connectivity index (χ0v) is 12.8. The van der Waals surface area contributed by atoms with Crippen LogP contribution in [0.15, 0.2) is 12.1 Å². The van der Waals surface area contributed by atoms with Gasteiger partial charge in [-0.25, -0.2) is 0 Å². The van der Waals surface area contributed by atoms with E-state index in [1.807, 2.05) is 13.8 Å². The highest BCUT2D eigenvalue weighted by Gasteiger charge is 2.42. The van der Waals surface area contributed by atoms with E-state index in [0.29, 0.717) is 16.3 Å². The Morgan fingerprint density at radius 1 is 1.38 bits per heavy atom. The Morgan fingerprint density at radius 2 is 1.95 bits per heavy atom. The van der Waals surface area contributed by atoms with Crippen LogP contribution in [0.5, 0.6) is 5.75 Å². The van der Waals surface area contributed by atoms with Gasteiger partial charge >= 0.3 is 6.18 Å². The maximum absolute atomic E-state index is 12.7. The van der Waals surface area contributed by atoms with Gasteiger partial charge in [0.15, 0.2) is 0 Å². The summed E-state index contributed by atoms with van der Waals surface area (Å²) in [5.74, 6) is -2.64. The van der Waals surface area contributed by atoms with Gasteiger partial charge in [-0.15, -0.1) is 0 Å². The van der Waals surface area contributed by atoms with E-state index in [9.17, 15) is 13.2 Å². The molecule has 0 bridgehead atoms. The highest BCUT2D eigenvalue weighted by molar-refractivity contribution is 6.31. The van der Waals surface area contributed by atoms with E-state index in [1.165, 1.54) is 0 Å². The van der Waals surface area contributed by atoms with Gasteiger partial charge in [0, 0.05) is 5.02 Å². The lowest BCUT2D eigenvalue weighted by Crippen LogP contribution is -2.39. The van der Waals surface area contributed by atoms with E-state index in [1.54, 1.807) is 19.1 Å². The first-order valence-corrected chi connectivity index (χ1v) is 6.75. The average Bonchev–Trinajstić information content (AvgIpc) is 2.29. The van der Waals surface area contributed by atoms with Gasteiger partial charge in [-0.3, -0.25) is 5.41 Å². The number of alkyl halides is 3. The molecule has 1 unspecified atom stereocenters. The van der Waals surface area contributed by atoms with Gasteiger partial charge in [0.1, 0.15) is 24.1 Å². The van der Waals surface area contributed by atoms with Crippen LogP contribution in [0.1, 0.15) is 30.9 Å². The Hall–Kier alpha value is -1.43. The molecule has 1 aromatic rings.